The van der Waals surface area contributed by atoms with Gasteiger partial charge in [-0.15, -0.1) is 11.3 Å². The van der Waals surface area contributed by atoms with Gasteiger partial charge in [-0.3, -0.25) is 9.69 Å². The Bertz CT molecular complexity index is 851. The van der Waals surface area contributed by atoms with Crippen LogP contribution in [0.1, 0.15) is 5.56 Å². The molecule has 1 amide bonds. The van der Waals surface area contributed by atoms with Gasteiger partial charge in [-0.05, 0) is 18.7 Å². The third-order valence-electron chi connectivity index (χ3n) is 3.61. The number of carbonyl (C=O) groups is 1. The lowest BCUT2D eigenvalue weighted by atomic mass is 10.2. The van der Waals surface area contributed by atoms with Crippen molar-refractivity contribution >= 4 is 34.0 Å². The molecule has 4 nitrogen and oxygen atoms in total. The van der Waals surface area contributed by atoms with E-state index >= 15 is 0 Å². The molecule has 0 atom stereocenters. The van der Waals surface area contributed by atoms with Crippen LogP contribution in [0, 0.1) is 0 Å². The first kappa shape index (κ1) is 17.6. The summed E-state index contributed by atoms with van der Waals surface area (Å²) in [6.45, 7) is 1.02. The van der Waals surface area contributed by atoms with E-state index in [2.05, 4.69) is 10.3 Å². The Labute approximate surface area is 156 Å². The summed E-state index contributed by atoms with van der Waals surface area (Å²) in [7, 11) is 1.92. The zero-order valence-electron chi connectivity index (χ0n) is 13.8. The van der Waals surface area contributed by atoms with Crippen molar-refractivity contribution in [1.82, 2.24) is 9.88 Å². The van der Waals surface area contributed by atoms with Crippen molar-refractivity contribution in [2.75, 3.05) is 18.9 Å². The number of aromatic nitrogens is 1. The maximum Gasteiger partial charge on any atom is 0.240 e. The normalized spacial score (nSPS) is 10.8. The number of benzene rings is 2. The molecule has 1 heterocycles. The van der Waals surface area contributed by atoms with Crippen molar-refractivity contribution in [3.63, 3.8) is 0 Å². The number of thiazole rings is 1. The maximum atomic E-state index is 12.2. The van der Waals surface area contributed by atoms with Crippen molar-refractivity contribution in [1.29, 1.82) is 0 Å². The molecule has 0 fully saturated rings. The number of anilines is 1. The Morgan fingerprint density at radius 1 is 1.16 bits per heavy atom. The van der Waals surface area contributed by atoms with Crippen LogP contribution in [-0.2, 0) is 11.3 Å². The number of amides is 1. The van der Waals surface area contributed by atoms with Crippen LogP contribution in [0.25, 0.3) is 11.3 Å². The summed E-state index contributed by atoms with van der Waals surface area (Å²) >= 11 is 7.58. The minimum atomic E-state index is -0.0847. The minimum absolute atomic E-state index is 0.0847. The topological polar surface area (TPSA) is 45.2 Å². The average Bonchev–Trinajstić information content (AvgIpc) is 3.04. The van der Waals surface area contributed by atoms with Crippen LogP contribution < -0.4 is 5.32 Å². The van der Waals surface area contributed by atoms with Crippen LogP contribution in [0.4, 0.5) is 5.13 Å². The maximum absolute atomic E-state index is 12.2. The molecular formula is C19H18ClN3OS. The first-order valence-electron chi connectivity index (χ1n) is 7.84. The molecule has 128 valence electrons. The lowest BCUT2D eigenvalue weighted by Crippen LogP contribution is -2.29. The molecule has 1 aromatic heterocycles. The summed E-state index contributed by atoms with van der Waals surface area (Å²) in [5.41, 5.74) is 2.80. The first-order valence-corrected chi connectivity index (χ1v) is 9.10. The molecule has 0 saturated heterocycles. The van der Waals surface area contributed by atoms with Gasteiger partial charge in [0.25, 0.3) is 0 Å². The molecule has 3 aromatic rings. The van der Waals surface area contributed by atoms with Gasteiger partial charge >= 0.3 is 0 Å². The highest BCUT2D eigenvalue weighted by atomic mass is 35.5. The summed E-state index contributed by atoms with van der Waals surface area (Å²) in [4.78, 5) is 18.6. The molecular weight excluding hydrogens is 354 g/mol. The second kappa shape index (κ2) is 8.25. The van der Waals surface area contributed by atoms with Crippen molar-refractivity contribution in [3.05, 3.63) is 70.6 Å². The third-order valence-corrected chi connectivity index (χ3v) is 4.70. The number of hydrogen-bond donors (Lipinski definition) is 1. The van der Waals surface area contributed by atoms with Crippen LogP contribution in [0.2, 0.25) is 5.02 Å². The molecule has 0 saturated carbocycles. The summed E-state index contributed by atoms with van der Waals surface area (Å²) < 4.78 is 0. The highest BCUT2D eigenvalue weighted by molar-refractivity contribution is 7.14. The standard InChI is InChI=1S/C19H18ClN3OS/c1-23(11-14-7-3-2-4-8-14)12-18(24)22-19-21-17(13-25-19)15-9-5-6-10-16(15)20/h2-10,13H,11-12H2,1H3,(H,21,22,24). The lowest BCUT2D eigenvalue weighted by Gasteiger charge is -2.15. The van der Waals surface area contributed by atoms with E-state index in [0.717, 1.165) is 17.8 Å². The number of likely N-dealkylation sites (N-methyl/N-ethyl adjacent to an activating group) is 1. The zero-order valence-corrected chi connectivity index (χ0v) is 15.3. The summed E-state index contributed by atoms with van der Waals surface area (Å²) in [6, 6.07) is 17.6. The summed E-state index contributed by atoms with van der Waals surface area (Å²) in [5, 5.41) is 5.97. The van der Waals surface area contributed by atoms with Gasteiger partial charge in [-0.25, -0.2) is 4.98 Å². The Hall–Kier alpha value is -2.21. The van der Waals surface area contributed by atoms with E-state index in [1.54, 1.807) is 0 Å². The fourth-order valence-corrected chi connectivity index (χ4v) is 3.44. The molecule has 0 spiro atoms. The van der Waals surface area contributed by atoms with Crippen LogP contribution >= 0.6 is 22.9 Å². The molecule has 0 aliphatic rings. The number of carbonyl (C=O) groups excluding carboxylic acids is 1. The Kier molecular flexibility index (Phi) is 5.81. The highest BCUT2D eigenvalue weighted by Gasteiger charge is 2.12. The van der Waals surface area contributed by atoms with Gasteiger partial charge in [0.1, 0.15) is 0 Å². The van der Waals surface area contributed by atoms with Gasteiger partial charge in [0, 0.05) is 22.5 Å². The first-order chi connectivity index (χ1) is 12.1. The monoisotopic (exact) mass is 371 g/mol. The van der Waals surface area contributed by atoms with Gasteiger partial charge in [0.05, 0.1) is 12.2 Å². The molecule has 2 aromatic carbocycles. The summed E-state index contributed by atoms with van der Waals surface area (Å²) in [6.07, 6.45) is 0. The quantitative estimate of drug-likeness (QED) is 0.692. The number of hydrogen-bond acceptors (Lipinski definition) is 4. The molecule has 0 bridgehead atoms. The molecule has 0 radical (unpaired) electrons. The van der Waals surface area contributed by atoms with Gasteiger partial charge in [0.2, 0.25) is 5.91 Å². The molecule has 0 aliphatic heterocycles. The van der Waals surface area contributed by atoms with Crippen LogP contribution in [0.3, 0.4) is 0 Å². The van der Waals surface area contributed by atoms with E-state index in [-0.39, 0.29) is 5.91 Å². The fraction of sp³-hybridized carbons (Fsp3) is 0.158. The Morgan fingerprint density at radius 3 is 2.64 bits per heavy atom. The SMILES string of the molecule is CN(CC(=O)Nc1nc(-c2ccccc2Cl)cs1)Cc1ccccc1. The van der Waals surface area contributed by atoms with Crippen molar-refractivity contribution in [3.8, 4) is 11.3 Å². The fourth-order valence-electron chi connectivity index (χ4n) is 2.48. The van der Waals surface area contributed by atoms with Crippen LogP contribution in [-0.4, -0.2) is 29.4 Å². The van der Waals surface area contributed by atoms with E-state index in [1.165, 1.54) is 16.9 Å². The molecule has 0 unspecified atom stereocenters. The zero-order chi connectivity index (χ0) is 17.6. The molecule has 25 heavy (non-hydrogen) atoms. The van der Waals surface area contributed by atoms with E-state index in [0.29, 0.717) is 16.7 Å². The molecule has 6 heteroatoms. The Balaban J connectivity index is 1.57. The minimum Gasteiger partial charge on any atom is -0.301 e. The highest BCUT2D eigenvalue weighted by Crippen LogP contribution is 2.30. The second-order valence-electron chi connectivity index (χ2n) is 5.72. The van der Waals surface area contributed by atoms with Crippen molar-refractivity contribution < 1.29 is 4.79 Å². The molecule has 3 rings (SSSR count). The lowest BCUT2D eigenvalue weighted by molar-refractivity contribution is -0.117. The third kappa shape index (κ3) is 4.89. The van der Waals surface area contributed by atoms with E-state index in [9.17, 15) is 4.79 Å². The van der Waals surface area contributed by atoms with E-state index in [1.807, 2.05) is 71.9 Å². The Morgan fingerprint density at radius 2 is 1.88 bits per heavy atom. The number of nitrogens with one attached hydrogen (secondary N) is 1. The van der Waals surface area contributed by atoms with Crippen LogP contribution in [0.5, 0.6) is 0 Å². The smallest absolute Gasteiger partial charge is 0.240 e. The predicted octanol–water partition coefficient (Wildman–Crippen LogP) is 4.53. The summed E-state index contributed by atoms with van der Waals surface area (Å²) in [5.74, 6) is -0.0847. The van der Waals surface area contributed by atoms with Crippen molar-refractivity contribution in [2.45, 2.75) is 6.54 Å². The average molecular weight is 372 g/mol. The molecule has 0 aliphatic carbocycles. The second-order valence-corrected chi connectivity index (χ2v) is 6.99. The van der Waals surface area contributed by atoms with Crippen LogP contribution in [0.15, 0.2) is 60.0 Å². The van der Waals surface area contributed by atoms with Gasteiger partial charge in [-0.1, -0.05) is 60.1 Å². The van der Waals surface area contributed by atoms with Gasteiger partial charge < -0.3 is 5.32 Å². The van der Waals surface area contributed by atoms with E-state index in [4.69, 9.17) is 11.6 Å². The number of rotatable bonds is 6. The largest absolute Gasteiger partial charge is 0.301 e. The molecule has 1 N–H and O–H groups in total. The number of nitrogens with zero attached hydrogens (tertiary/aromatic N) is 2. The van der Waals surface area contributed by atoms with E-state index < -0.39 is 0 Å². The van der Waals surface area contributed by atoms with Gasteiger partial charge in [0.15, 0.2) is 5.13 Å². The van der Waals surface area contributed by atoms with Crippen molar-refractivity contribution in [2.24, 2.45) is 0 Å². The number of halogens is 1. The predicted molar refractivity (Wildman–Crippen MR) is 104 cm³/mol. The van der Waals surface area contributed by atoms with Gasteiger partial charge in [-0.2, -0.15) is 0 Å².